The molecule has 1 saturated heterocycles. The molecule has 1 fully saturated rings. The third-order valence-corrected chi connectivity index (χ3v) is 3.69. The molecule has 1 aromatic rings. The van der Waals surface area contributed by atoms with Gasteiger partial charge in [-0.15, -0.1) is 0 Å². The molecular formula is C14H22N2O. The van der Waals surface area contributed by atoms with Crippen molar-refractivity contribution in [2.45, 2.75) is 31.2 Å². The first-order valence-corrected chi connectivity index (χ1v) is 6.41. The maximum Gasteiger partial charge on any atom is 0.123 e. The Morgan fingerprint density at radius 3 is 2.82 bits per heavy atom. The molecule has 1 heterocycles. The molecule has 0 radical (unpaired) electrons. The molecule has 17 heavy (non-hydrogen) atoms. The summed E-state index contributed by atoms with van der Waals surface area (Å²) in [6, 6.07) is 8.28. The lowest BCUT2D eigenvalue weighted by atomic mass is 9.79. The van der Waals surface area contributed by atoms with Crippen molar-refractivity contribution in [1.29, 1.82) is 0 Å². The fourth-order valence-corrected chi connectivity index (χ4v) is 2.83. The fraction of sp³-hybridized carbons (Fsp3) is 0.571. The number of para-hydroxylation sites is 1. The molecule has 0 aromatic heterocycles. The van der Waals surface area contributed by atoms with Gasteiger partial charge in [-0.2, -0.15) is 0 Å². The summed E-state index contributed by atoms with van der Waals surface area (Å²) < 4.78 is 5.49. The highest BCUT2D eigenvalue weighted by Gasteiger charge is 2.34. The molecule has 3 N–H and O–H groups in total. The third-order valence-electron chi connectivity index (χ3n) is 3.69. The second-order valence-corrected chi connectivity index (χ2v) is 4.70. The predicted octanol–water partition coefficient (Wildman–Crippen LogP) is 2.01. The summed E-state index contributed by atoms with van der Waals surface area (Å²) in [6.07, 6.45) is 4.62. The van der Waals surface area contributed by atoms with Crippen LogP contribution in [0, 0.1) is 0 Å². The largest absolute Gasteiger partial charge is 0.496 e. The van der Waals surface area contributed by atoms with Crippen molar-refractivity contribution in [1.82, 2.24) is 5.32 Å². The molecule has 0 aliphatic carbocycles. The van der Waals surface area contributed by atoms with E-state index in [1.165, 1.54) is 18.4 Å². The first kappa shape index (κ1) is 12.4. The Morgan fingerprint density at radius 2 is 2.18 bits per heavy atom. The molecule has 1 aliphatic heterocycles. The molecule has 1 aromatic carbocycles. The molecule has 1 aliphatic rings. The van der Waals surface area contributed by atoms with Gasteiger partial charge in [0.05, 0.1) is 7.11 Å². The van der Waals surface area contributed by atoms with Crippen LogP contribution < -0.4 is 15.8 Å². The molecule has 0 saturated carbocycles. The van der Waals surface area contributed by atoms with Crippen LogP contribution in [0.15, 0.2) is 24.3 Å². The van der Waals surface area contributed by atoms with Crippen LogP contribution in [0.3, 0.4) is 0 Å². The van der Waals surface area contributed by atoms with Gasteiger partial charge in [0.1, 0.15) is 5.75 Å². The van der Waals surface area contributed by atoms with Crippen LogP contribution in [0.2, 0.25) is 0 Å². The van der Waals surface area contributed by atoms with Gasteiger partial charge in [-0.05, 0) is 38.4 Å². The first-order chi connectivity index (χ1) is 8.32. The third kappa shape index (κ3) is 2.45. The monoisotopic (exact) mass is 234 g/mol. The SMILES string of the molecule is COc1ccccc1C1(CCN)CCCCN1. The summed E-state index contributed by atoms with van der Waals surface area (Å²) in [7, 11) is 1.73. The van der Waals surface area contributed by atoms with Gasteiger partial charge < -0.3 is 15.8 Å². The minimum Gasteiger partial charge on any atom is -0.496 e. The van der Waals surface area contributed by atoms with Gasteiger partial charge in [-0.1, -0.05) is 24.6 Å². The number of hydrogen-bond acceptors (Lipinski definition) is 3. The van der Waals surface area contributed by atoms with Crippen molar-refractivity contribution < 1.29 is 4.74 Å². The maximum atomic E-state index is 5.79. The Kier molecular flexibility index (Phi) is 4.02. The average molecular weight is 234 g/mol. The number of benzene rings is 1. The molecule has 0 spiro atoms. The van der Waals surface area contributed by atoms with Crippen molar-refractivity contribution in [2.75, 3.05) is 20.2 Å². The van der Waals surface area contributed by atoms with Gasteiger partial charge in [0.25, 0.3) is 0 Å². The van der Waals surface area contributed by atoms with E-state index in [2.05, 4.69) is 17.4 Å². The summed E-state index contributed by atoms with van der Waals surface area (Å²) in [5, 5.41) is 3.66. The Morgan fingerprint density at radius 1 is 1.35 bits per heavy atom. The van der Waals surface area contributed by atoms with E-state index in [-0.39, 0.29) is 5.54 Å². The van der Waals surface area contributed by atoms with E-state index < -0.39 is 0 Å². The van der Waals surface area contributed by atoms with E-state index in [1.807, 2.05) is 12.1 Å². The summed E-state index contributed by atoms with van der Waals surface area (Å²) in [4.78, 5) is 0. The zero-order valence-electron chi connectivity index (χ0n) is 10.5. The van der Waals surface area contributed by atoms with Crippen LogP contribution in [0.4, 0.5) is 0 Å². The standard InChI is InChI=1S/C14H22N2O/c1-17-13-7-3-2-6-12(13)14(9-10-15)8-4-5-11-16-14/h2-3,6-7,16H,4-5,8-11,15H2,1H3. The molecule has 0 bridgehead atoms. The summed E-state index contributed by atoms with van der Waals surface area (Å²) >= 11 is 0. The smallest absolute Gasteiger partial charge is 0.123 e. The highest BCUT2D eigenvalue weighted by atomic mass is 16.5. The van der Waals surface area contributed by atoms with Crippen molar-refractivity contribution in [2.24, 2.45) is 5.73 Å². The van der Waals surface area contributed by atoms with Gasteiger partial charge in [0, 0.05) is 11.1 Å². The number of hydrogen-bond donors (Lipinski definition) is 2. The van der Waals surface area contributed by atoms with Gasteiger partial charge in [-0.3, -0.25) is 0 Å². The average Bonchev–Trinajstić information content (AvgIpc) is 2.40. The van der Waals surface area contributed by atoms with Gasteiger partial charge in [-0.25, -0.2) is 0 Å². The van der Waals surface area contributed by atoms with E-state index >= 15 is 0 Å². The number of nitrogens with two attached hydrogens (primary N) is 1. The Balaban J connectivity index is 2.37. The summed E-state index contributed by atoms with van der Waals surface area (Å²) in [5.41, 5.74) is 7.06. The van der Waals surface area contributed by atoms with Crippen molar-refractivity contribution in [3.8, 4) is 5.75 Å². The normalized spacial score (nSPS) is 24.6. The van der Waals surface area contributed by atoms with Crippen molar-refractivity contribution in [3.05, 3.63) is 29.8 Å². The number of methoxy groups -OCH3 is 1. The van der Waals surface area contributed by atoms with Crippen LogP contribution in [0.1, 0.15) is 31.2 Å². The number of nitrogens with one attached hydrogen (secondary N) is 1. The maximum absolute atomic E-state index is 5.79. The predicted molar refractivity (Wildman–Crippen MR) is 70.2 cm³/mol. The van der Waals surface area contributed by atoms with Gasteiger partial charge >= 0.3 is 0 Å². The van der Waals surface area contributed by atoms with Crippen LogP contribution in [0.5, 0.6) is 5.75 Å². The van der Waals surface area contributed by atoms with Crippen LogP contribution >= 0.6 is 0 Å². The molecule has 1 unspecified atom stereocenters. The zero-order valence-corrected chi connectivity index (χ0v) is 10.5. The first-order valence-electron chi connectivity index (χ1n) is 6.41. The minimum atomic E-state index is 0.0135. The molecular weight excluding hydrogens is 212 g/mol. The second-order valence-electron chi connectivity index (χ2n) is 4.70. The molecule has 1 atom stereocenters. The van der Waals surface area contributed by atoms with Crippen LogP contribution in [-0.2, 0) is 5.54 Å². The lowest BCUT2D eigenvalue weighted by Gasteiger charge is -2.39. The quantitative estimate of drug-likeness (QED) is 0.838. The van der Waals surface area contributed by atoms with E-state index in [1.54, 1.807) is 7.11 Å². The Hall–Kier alpha value is -1.06. The number of ether oxygens (including phenoxy) is 1. The molecule has 3 heteroatoms. The lowest BCUT2D eigenvalue weighted by Crippen LogP contribution is -2.47. The van der Waals surface area contributed by atoms with E-state index in [0.717, 1.165) is 25.1 Å². The topological polar surface area (TPSA) is 47.3 Å². The molecule has 0 amide bonds. The van der Waals surface area contributed by atoms with Crippen LogP contribution in [0.25, 0.3) is 0 Å². The molecule has 94 valence electrons. The highest BCUT2D eigenvalue weighted by Crippen LogP contribution is 2.38. The van der Waals surface area contributed by atoms with E-state index in [0.29, 0.717) is 6.54 Å². The molecule has 2 rings (SSSR count). The van der Waals surface area contributed by atoms with E-state index in [4.69, 9.17) is 10.5 Å². The van der Waals surface area contributed by atoms with Gasteiger partial charge in [0.15, 0.2) is 0 Å². The van der Waals surface area contributed by atoms with Gasteiger partial charge in [0.2, 0.25) is 0 Å². The molecule has 3 nitrogen and oxygen atoms in total. The Labute approximate surface area is 103 Å². The minimum absolute atomic E-state index is 0.0135. The fourth-order valence-electron chi connectivity index (χ4n) is 2.83. The number of piperidine rings is 1. The highest BCUT2D eigenvalue weighted by molar-refractivity contribution is 5.39. The van der Waals surface area contributed by atoms with E-state index in [9.17, 15) is 0 Å². The van der Waals surface area contributed by atoms with Crippen molar-refractivity contribution >= 4 is 0 Å². The summed E-state index contributed by atoms with van der Waals surface area (Å²) in [5.74, 6) is 0.968. The lowest BCUT2D eigenvalue weighted by molar-refractivity contribution is 0.235. The second kappa shape index (κ2) is 5.52. The summed E-state index contributed by atoms with van der Waals surface area (Å²) in [6.45, 7) is 1.77. The van der Waals surface area contributed by atoms with Crippen LogP contribution in [-0.4, -0.2) is 20.2 Å². The Bertz CT molecular complexity index is 353. The van der Waals surface area contributed by atoms with Crippen molar-refractivity contribution in [3.63, 3.8) is 0 Å². The zero-order chi connectivity index (χ0) is 12.1. The number of rotatable bonds is 4.